The number of aromatic nitrogens is 2. The van der Waals surface area contributed by atoms with Crippen LogP contribution in [-0.2, 0) is 27.2 Å². The average Bonchev–Trinajstić information content (AvgIpc) is 2.81. The normalized spacial score (nSPS) is 18.4. The molecule has 0 saturated carbocycles. The smallest absolute Gasteiger partial charge is 0.411 e. The molecule has 1 aliphatic heterocycles. The Morgan fingerprint density at radius 1 is 1.45 bits per heavy atom. The molecule has 7 heteroatoms. The minimum absolute atomic E-state index is 0.254. The van der Waals surface area contributed by atoms with E-state index in [0.717, 1.165) is 11.4 Å². The van der Waals surface area contributed by atoms with Crippen LogP contribution in [0.25, 0.3) is 0 Å². The molecule has 2 rings (SSSR count). The number of hydrogen-bond donors (Lipinski definition) is 1. The molecule has 0 aliphatic carbocycles. The molecule has 7 nitrogen and oxygen atoms in total. The van der Waals surface area contributed by atoms with E-state index < -0.39 is 23.7 Å². The lowest BCUT2D eigenvalue weighted by molar-refractivity contribution is -0.147. The monoisotopic (exact) mass is 281 g/mol. The molecular formula is C13H19N3O4. The van der Waals surface area contributed by atoms with Crippen LogP contribution >= 0.6 is 0 Å². The van der Waals surface area contributed by atoms with E-state index in [2.05, 4.69) is 9.97 Å². The maximum Gasteiger partial charge on any atom is 0.411 e. The molecule has 0 unspecified atom stereocenters. The third-order valence-corrected chi connectivity index (χ3v) is 3.00. The number of nitrogens with zero attached hydrogens (tertiary/aromatic N) is 2. The topological polar surface area (TPSA) is 84.5 Å². The van der Waals surface area contributed by atoms with Gasteiger partial charge in [0.25, 0.3) is 0 Å². The lowest BCUT2D eigenvalue weighted by Crippen LogP contribution is -2.50. The van der Waals surface area contributed by atoms with Crippen molar-refractivity contribution in [1.29, 1.82) is 0 Å². The molecule has 20 heavy (non-hydrogen) atoms. The van der Waals surface area contributed by atoms with Gasteiger partial charge in [-0.2, -0.15) is 0 Å². The number of carbonyl (C=O) groups is 2. The average molecular weight is 281 g/mol. The van der Waals surface area contributed by atoms with E-state index in [4.69, 9.17) is 9.47 Å². The number of imidazole rings is 1. The molecule has 1 N–H and O–H groups in total. The fourth-order valence-electron chi connectivity index (χ4n) is 2.09. The second kappa shape index (κ2) is 5.15. The number of rotatable bonds is 1. The zero-order valence-electron chi connectivity index (χ0n) is 12.1. The standard InChI is InChI=1S/C13H19N3O4/c1-13(2,3)20-12(18)16-6-9-8(14-7-15-9)5-10(16)11(17)19-4/h7,10H,5-6H2,1-4H3,(H,14,15)/t10-/m0/s1. The van der Waals surface area contributed by atoms with Gasteiger partial charge in [-0.15, -0.1) is 0 Å². The van der Waals surface area contributed by atoms with E-state index in [9.17, 15) is 9.59 Å². The van der Waals surface area contributed by atoms with Crippen molar-refractivity contribution in [3.8, 4) is 0 Å². The van der Waals surface area contributed by atoms with Gasteiger partial charge in [-0.25, -0.2) is 14.6 Å². The van der Waals surface area contributed by atoms with Gasteiger partial charge in [-0.3, -0.25) is 4.90 Å². The highest BCUT2D eigenvalue weighted by molar-refractivity contribution is 5.82. The number of esters is 1. The first-order valence-corrected chi connectivity index (χ1v) is 6.40. The number of ether oxygens (including phenoxy) is 2. The summed E-state index contributed by atoms with van der Waals surface area (Å²) < 4.78 is 10.1. The van der Waals surface area contributed by atoms with E-state index in [1.165, 1.54) is 12.0 Å². The lowest BCUT2D eigenvalue weighted by atomic mass is 10.0. The number of amides is 1. The molecule has 0 spiro atoms. The highest BCUT2D eigenvalue weighted by Gasteiger charge is 2.38. The van der Waals surface area contributed by atoms with Crippen LogP contribution in [0.5, 0.6) is 0 Å². The molecule has 1 aromatic heterocycles. The largest absolute Gasteiger partial charge is 0.467 e. The summed E-state index contributed by atoms with van der Waals surface area (Å²) in [4.78, 5) is 32.6. The van der Waals surface area contributed by atoms with E-state index >= 15 is 0 Å². The first kappa shape index (κ1) is 14.4. The zero-order valence-corrected chi connectivity index (χ0v) is 12.1. The number of carbonyl (C=O) groups excluding carboxylic acids is 2. The number of aromatic amines is 1. The second-order valence-corrected chi connectivity index (χ2v) is 5.68. The number of H-pyrrole nitrogens is 1. The van der Waals surface area contributed by atoms with Gasteiger partial charge in [0.2, 0.25) is 0 Å². The quantitative estimate of drug-likeness (QED) is 0.783. The maximum absolute atomic E-state index is 12.2. The highest BCUT2D eigenvalue weighted by atomic mass is 16.6. The SMILES string of the molecule is COC(=O)[C@@H]1Cc2nc[nH]c2CN1C(=O)OC(C)(C)C. The number of hydrogen-bond acceptors (Lipinski definition) is 5. The predicted octanol–water partition coefficient (Wildman–Crippen LogP) is 1.24. The van der Waals surface area contributed by atoms with Crippen molar-refractivity contribution in [3.05, 3.63) is 17.7 Å². The van der Waals surface area contributed by atoms with Crippen molar-refractivity contribution >= 4 is 12.1 Å². The third kappa shape index (κ3) is 2.92. The Bertz CT molecular complexity index is 518. The summed E-state index contributed by atoms with van der Waals surface area (Å²) in [6.07, 6.45) is 1.34. The Balaban J connectivity index is 2.24. The maximum atomic E-state index is 12.2. The van der Waals surface area contributed by atoms with Crippen LogP contribution in [0.1, 0.15) is 32.2 Å². The van der Waals surface area contributed by atoms with Gasteiger partial charge in [-0.1, -0.05) is 0 Å². The molecule has 110 valence electrons. The second-order valence-electron chi connectivity index (χ2n) is 5.68. The number of fused-ring (bicyclic) bond motifs is 1. The molecule has 0 bridgehead atoms. The summed E-state index contributed by atoms with van der Waals surface area (Å²) in [7, 11) is 1.30. The summed E-state index contributed by atoms with van der Waals surface area (Å²) >= 11 is 0. The number of nitrogens with one attached hydrogen (secondary N) is 1. The fraction of sp³-hybridized carbons (Fsp3) is 0.615. The van der Waals surface area contributed by atoms with Crippen LogP contribution in [0.3, 0.4) is 0 Å². The van der Waals surface area contributed by atoms with Crippen molar-refractivity contribution < 1.29 is 19.1 Å². The Morgan fingerprint density at radius 3 is 2.75 bits per heavy atom. The molecule has 1 amide bonds. The lowest BCUT2D eigenvalue weighted by Gasteiger charge is -2.34. The van der Waals surface area contributed by atoms with Gasteiger partial charge >= 0.3 is 12.1 Å². The van der Waals surface area contributed by atoms with Crippen molar-refractivity contribution in [1.82, 2.24) is 14.9 Å². The van der Waals surface area contributed by atoms with Crippen LogP contribution in [0.4, 0.5) is 4.79 Å². The molecule has 1 aromatic rings. The van der Waals surface area contributed by atoms with Gasteiger partial charge in [0.05, 0.1) is 31.4 Å². The summed E-state index contributed by atoms with van der Waals surface area (Å²) in [5, 5.41) is 0. The third-order valence-electron chi connectivity index (χ3n) is 3.00. The molecule has 0 aromatic carbocycles. The van der Waals surface area contributed by atoms with Crippen LogP contribution in [0.15, 0.2) is 6.33 Å². The van der Waals surface area contributed by atoms with Crippen LogP contribution < -0.4 is 0 Å². The Kier molecular flexibility index (Phi) is 3.69. The molecule has 1 aliphatic rings. The van der Waals surface area contributed by atoms with Crippen LogP contribution in [-0.4, -0.2) is 45.7 Å². The molecule has 1 atom stereocenters. The molecule has 2 heterocycles. The molecule has 0 radical (unpaired) electrons. The van der Waals surface area contributed by atoms with Crippen molar-refractivity contribution in [2.75, 3.05) is 7.11 Å². The van der Waals surface area contributed by atoms with Gasteiger partial charge in [0.1, 0.15) is 11.6 Å². The number of methoxy groups -OCH3 is 1. The van der Waals surface area contributed by atoms with Gasteiger partial charge in [0, 0.05) is 6.42 Å². The van der Waals surface area contributed by atoms with Crippen molar-refractivity contribution in [2.45, 2.75) is 45.4 Å². The highest BCUT2D eigenvalue weighted by Crippen LogP contribution is 2.23. The van der Waals surface area contributed by atoms with Crippen molar-refractivity contribution in [3.63, 3.8) is 0 Å². The summed E-state index contributed by atoms with van der Waals surface area (Å²) in [5.41, 5.74) is 0.975. The fourth-order valence-corrected chi connectivity index (χ4v) is 2.09. The molecule has 0 fully saturated rings. The Labute approximate surface area is 117 Å². The van der Waals surface area contributed by atoms with Crippen LogP contribution in [0.2, 0.25) is 0 Å². The van der Waals surface area contributed by atoms with Gasteiger partial charge in [0.15, 0.2) is 0 Å². The van der Waals surface area contributed by atoms with E-state index in [0.29, 0.717) is 6.42 Å². The first-order chi connectivity index (χ1) is 9.31. The van der Waals surface area contributed by atoms with Crippen molar-refractivity contribution in [2.24, 2.45) is 0 Å². The minimum Gasteiger partial charge on any atom is -0.467 e. The van der Waals surface area contributed by atoms with Crippen LogP contribution in [0, 0.1) is 0 Å². The van der Waals surface area contributed by atoms with E-state index in [-0.39, 0.29) is 6.54 Å². The Hall–Kier alpha value is -2.05. The molecule has 0 saturated heterocycles. The summed E-state index contributed by atoms with van der Waals surface area (Å²) in [6, 6.07) is -0.703. The van der Waals surface area contributed by atoms with Gasteiger partial charge in [-0.05, 0) is 20.8 Å². The molecular weight excluding hydrogens is 262 g/mol. The van der Waals surface area contributed by atoms with E-state index in [1.54, 1.807) is 27.1 Å². The first-order valence-electron chi connectivity index (χ1n) is 6.40. The van der Waals surface area contributed by atoms with E-state index in [1.807, 2.05) is 0 Å². The predicted molar refractivity (Wildman–Crippen MR) is 69.9 cm³/mol. The minimum atomic E-state index is -0.703. The van der Waals surface area contributed by atoms with Gasteiger partial charge < -0.3 is 14.5 Å². The summed E-state index contributed by atoms with van der Waals surface area (Å²) in [6.45, 7) is 5.60. The summed E-state index contributed by atoms with van der Waals surface area (Å²) in [5.74, 6) is -0.468. The zero-order chi connectivity index (χ0) is 14.9. The Morgan fingerprint density at radius 2 is 2.15 bits per heavy atom.